The molecule has 112 valence electrons. The molecule has 2 atom stereocenters. The van der Waals surface area contributed by atoms with Gasteiger partial charge in [0.05, 0.1) is 0 Å². The number of anilines is 1. The van der Waals surface area contributed by atoms with E-state index in [9.17, 15) is 4.79 Å². The molecule has 21 heavy (non-hydrogen) atoms. The van der Waals surface area contributed by atoms with Crippen LogP contribution in [0.1, 0.15) is 51.0 Å². The van der Waals surface area contributed by atoms with Gasteiger partial charge < -0.3 is 5.32 Å². The van der Waals surface area contributed by atoms with Crippen LogP contribution in [0.15, 0.2) is 24.3 Å². The van der Waals surface area contributed by atoms with Crippen LogP contribution in [0, 0.1) is 11.8 Å². The minimum atomic E-state index is -0.0164. The summed E-state index contributed by atoms with van der Waals surface area (Å²) >= 11 is 6.91. The molecule has 4 saturated carbocycles. The number of carbonyl (C=O) groups is 1. The van der Waals surface area contributed by atoms with E-state index in [2.05, 4.69) is 17.4 Å². The third-order valence-corrected chi connectivity index (χ3v) is 6.25. The summed E-state index contributed by atoms with van der Waals surface area (Å²) in [4.78, 5) is 11.2. The Morgan fingerprint density at radius 3 is 2.29 bits per heavy atom. The Hall–Kier alpha value is -1.02. The molecule has 1 amide bonds. The fourth-order valence-corrected chi connectivity index (χ4v) is 6.29. The van der Waals surface area contributed by atoms with Gasteiger partial charge in [0.15, 0.2) is 0 Å². The quantitative estimate of drug-likeness (QED) is 0.802. The van der Waals surface area contributed by atoms with Crippen molar-refractivity contribution in [3.05, 3.63) is 29.8 Å². The summed E-state index contributed by atoms with van der Waals surface area (Å²) in [5.74, 6) is 1.62. The number of rotatable bonds is 2. The van der Waals surface area contributed by atoms with Crippen LogP contribution in [0.25, 0.3) is 0 Å². The summed E-state index contributed by atoms with van der Waals surface area (Å²) in [7, 11) is 0. The number of alkyl halides is 1. The van der Waals surface area contributed by atoms with Crippen molar-refractivity contribution in [2.45, 2.75) is 55.7 Å². The molecule has 0 radical (unpaired) electrons. The van der Waals surface area contributed by atoms with Gasteiger partial charge in [-0.2, -0.15) is 0 Å². The molecule has 5 rings (SSSR count). The second-order valence-corrected chi connectivity index (χ2v) is 8.45. The summed E-state index contributed by atoms with van der Waals surface area (Å²) in [6.07, 6.45) is 7.57. The fraction of sp³-hybridized carbons (Fsp3) is 0.611. The highest BCUT2D eigenvalue weighted by atomic mass is 35.5. The fourth-order valence-electron chi connectivity index (χ4n) is 5.60. The Labute approximate surface area is 131 Å². The van der Waals surface area contributed by atoms with Crippen LogP contribution in [-0.2, 0) is 10.2 Å². The Bertz CT molecular complexity index is 565. The molecule has 0 saturated heterocycles. The number of halogens is 1. The first-order chi connectivity index (χ1) is 9.96. The molecule has 3 heteroatoms. The third-order valence-electron chi connectivity index (χ3n) is 5.81. The lowest BCUT2D eigenvalue weighted by Crippen LogP contribution is -2.55. The van der Waals surface area contributed by atoms with E-state index in [0.29, 0.717) is 5.41 Å². The minimum Gasteiger partial charge on any atom is -0.326 e. The van der Waals surface area contributed by atoms with Crippen LogP contribution < -0.4 is 5.32 Å². The van der Waals surface area contributed by atoms with Crippen LogP contribution in [0.4, 0.5) is 5.69 Å². The maximum atomic E-state index is 11.1. The first-order valence-electron chi connectivity index (χ1n) is 8.04. The molecule has 2 nitrogen and oxygen atoms in total. The lowest BCUT2D eigenvalue weighted by molar-refractivity contribution is -0.114. The third kappa shape index (κ3) is 2.28. The zero-order valence-electron chi connectivity index (χ0n) is 12.5. The van der Waals surface area contributed by atoms with Gasteiger partial charge in [0.2, 0.25) is 5.91 Å². The molecule has 0 aromatic heterocycles. The summed E-state index contributed by atoms with van der Waals surface area (Å²) < 4.78 is 0. The van der Waals surface area contributed by atoms with E-state index in [4.69, 9.17) is 11.6 Å². The molecular formula is C18H22ClNO. The first-order valence-corrected chi connectivity index (χ1v) is 8.41. The van der Waals surface area contributed by atoms with Crippen LogP contribution in [0.5, 0.6) is 0 Å². The van der Waals surface area contributed by atoms with Crippen molar-refractivity contribution in [2.24, 2.45) is 11.8 Å². The largest absolute Gasteiger partial charge is 0.326 e. The van der Waals surface area contributed by atoms with Crippen molar-refractivity contribution in [1.82, 2.24) is 0 Å². The van der Waals surface area contributed by atoms with Crippen LogP contribution in [-0.4, -0.2) is 10.8 Å². The van der Waals surface area contributed by atoms with Gasteiger partial charge in [0.1, 0.15) is 0 Å². The lowest BCUT2D eigenvalue weighted by atomic mass is 9.47. The highest BCUT2D eigenvalue weighted by Crippen LogP contribution is 2.64. The molecule has 4 aliphatic carbocycles. The number of hydrogen-bond donors (Lipinski definition) is 1. The van der Waals surface area contributed by atoms with Crippen molar-refractivity contribution < 1.29 is 4.79 Å². The molecule has 0 heterocycles. The molecule has 4 fully saturated rings. The van der Waals surface area contributed by atoms with E-state index < -0.39 is 0 Å². The Morgan fingerprint density at radius 1 is 1.14 bits per heavy atom. The monoisotopic (exact) mass is 303 g/mol. The van der Waals surface area contributed by atoms with Gasteiger partial charge in [-0.15, -0.1) is 11.6 Å². The Balaban J connectivity index is 1.65. The second-order valence-electron chi connectivity index (χ2n) is 7.65. The number of carbonyl (C=O) groups excluding carboxylic acids is 1. The van der Waals surface area contributed by atoms with Crippen molar-refractivity contribution in [1.29, 1.82) is 0 Å². The number of nitrogens with one attached hydrogen (secondary N) is 1. The van der Waals surface area contributed by atoms with Gasteiger partial charge in [-0.3, -0.25) is 4.79 Å². The lowest BCUT2D eigenvalue weighted by Gasteiger charge is -2.60. The number of hydrogen-bond acceptors (Lipinski definition) is 1. The molecule has 0 unspecified atom stereocenters. The summed E-state index contributed by atoms with van der Waals surface area (Å²) in [6.45, 7) is 1.55. The predicted molar refractivity (Wildman–Crippen MR) is 85.7 cm³/mol. The molecule has 1 aromatic carbocycles. The van der Waals surface area contributed by atoms with Gasteiger partial charge in [0.25, 0.3) is 0 Å². The van der Waals surface area contributed by atoms with Gasteiger partial charge >= 0.3 is 0 Å². The molecule has 0 aliphatic heterocycles. The average molecular weight is 304 g/mol. The van der Waals surface area contributed by atoms with Crippen molar-refractivity contribution >= 4 is 23.2 Å². The maximum absolute atomic E-state index is 11.1. The molecule has 1 aromatic rings. The first kappa shape index (κ1) is 13.6. The normalized spacial score (nSPS) is 40.3. The molecule has 4 aliphatic rings. The van der Waals surface area contributed by atoms with Crippen molar-refractivity contribution in [2.75, 3.05) is 5.32 Å². The standard InChI is InChI=1S/C18H22ClNO/c1-12(21)20-16-4-2-15(3-5-16)17-7-13-6-14(8-17)10-18(19,9-13)11-17/h2-5,13-14H,6-11H2,1H3,(H,20,21)/t13-,14-,17?,18?/m1/s1. The van der Waals surface area contributed by atoms with Gasteiger partial charge in [0, 0.05) is 17.5 Å². The highest BCUT2D eigenvalue weighted by molar-refractivity contribution is 6.24. The second kappa shape index (κ2) is 4.49. The van der Waals surface area contributed by atoms with Crippen LogP contribution in [0.2, 0.25) is 0 Å². The van der Waals surface area contributed by atoms with Gasteiger partial charge in [-0.1, -0.05) is 12.1 Å². The smallest absolute Gasteiger partial charge is 0.221 e. The van der Waals surface area contributed by atoms with Crippen molar-refractivity contribution in [3.63, 3.8) is 0 Å². The van der Waals surface area contributed by atoms with E-state index in [1.54, 1.807) is 6.92 Å². The minimum absolute atomic E-state index is 0.0164. The maximum Gasteiger partial charge on any atom is 0.221 e. The van der Waals surface area contributed by atoms with E-state index in [1.807, 2.05) is 12.1 Å². The summed E-state index contributed by atoms with van der Waals surface area (Å²) in [5, 5.41) is 2.85. The molecule has 4 bridgehead atoms. The molecule has 1 N–H and O–H groups in total. The molecular weight excluding hydrogens is 282 g/mol. The average Bonchev–Trinajstić information content (AvgIpc) is 2.35. The molecule has 0 spiro atoms. The van der Waals surface area contributed by atoms with Crippen LogP contribution >= 0.6 is 11.6 Å². The Morgan fingerprint density at radius 2 is 1.76 bits per heavy atom. The predicted octanol–water partition coefficient (Wildman–Crippen LogP) is 4.47. The van der Waals surface area contributed by atoms with E-state index in [0.717, 1.165) is 23.9 Å². The van der Waals surface area contributed by atoms with E-state index in [1.165, 1.54) is 37.7 Å². The summed E-state index contributed by atoms with van der Waals surface area (Å²) in [6, 6.07) is 8.49. The van der Waals surface area contributed by atoms with E-state index in [-0.39, 0.29) is 10.8 Å². The van der Waals surface area contributed by atoms with Crippen molar-refractivity contribution in [3.8, 4) is 0 Å². The zero-order valence-corrected chi connectivity index (χ0v) is 13.2. The number of amides is 1. The number of benzene rings is 1. The van der Waals surface area contributed by atoms with Gasteiger partial charge in [-0.25, -0.2) is 0 Å². The summed E-state index contributed by atoms with van der Waals surface area (Å²) in [5.41, 5.74) is 2.60. The van der Waals surface area contributed by atoms with E-state index >= 15 is 0 Å². The zero-order chi connectivity index (χ0) is 14.7. The van der Waals surface area contributed by atoms with Crippen LogP contribution in [0.3, 0.4) is 0 Å². The highest BCUT2D eigenvalue weighted by Gasteiger charge is 2.57. The van der Waals surface area contributed by atoms with Gasteiger partial charge in [-0.05, 0) is 73.5 Å². The topological polar surface area (TPSA) is 29.1 Å². The SMILES string of the molecule is CC(=O)Nc1ccc(C23C[C@H]4C[C@@H](CC(Cl)(C4)C2)C3)cc1. The Kier molecular flexibility index (Phi) is 2.91.